The van der Waals surface area contributed by atoms with Crippen molar-refractivity contribution in [3.63, 3.8) is 0 Å². The summed E-state index contributed by atoms with van der Waals surface area (Å²) in [6.07, 6.45) is 7.25. The predicted molar refractivity (Wildman–Crippen MR) is 48.8 cm³/mol. The van der Waals surface area contributed by atoms with Gasteiger partial charge in [-0.05, 0) is 37.3 Å². The summed E-state index contributed by atoms with van der Waals surface area (Å²) in [5.41, 5.74) is 0.851. The van der Waals surface area contributed by atoms with Crippen molar-refractivity contribution in [1.82, 2.24) is 0 Å². The van der Waals surface area contributed by atoms with E-state index in [9.17, 15) is 4.79 Å². The number of carbonyl (C=O) groups is 1. The fourth-order valence-corrected chi connectivity index (χ4v) is 2.42. The summed E-state index contributed by atoms with van der Waals surface area (Å²) in [6.45, 7) is 0. The fraction of sp³-hybridized carbons (Fsp3) is 0.636. The minimum atomic E-state index is -0.258. The second-order valence-electron chi connectivity index (χ2n) is 4.04. The van der Waals surface area contributed by atoms with E-state index in [2.05, 4.69) is 6.07 Å². The minimum absolute atomic E-state index is 0.211. The molecule has 1 atom stereocenters. The lowest BCUT2D eigenvalue weighted by Crippen LogP contribution is -2.29. The Balaban J connectivity index is 2.37. The maximum atomic E-state index is 11.2. The van der Waals surface area contributed by atoms with Crippen LogP contribution in [0, 0.1) is 16.7 Å². The van der Waals surface area contributed by atoms with Crippen LogP contribution in [0.5, 0.6) is 0 Å². The number of ketones is 1. The smallest absolute Gasteiger partial charge is 0.155 e. The molecule has 2 aliphatic rings. The Morgan fingerprint density at radius 2 is 2.15 bits per heavy atom. The highest BCUT2D eigenvalue weighted by atomic mass is 16.1. The molecule has 1 fully saturated rings. The lowest BCUT2D eigenvalue weighted by atomic mass is 9.66. The van der Waals surface area contributed by atoms with E-state index in [1.165, 1.54) is 0 Å². The van der Waals surface area contributed by atoms with E-state index in [0.717, 1.165) is 37.7 Å². The van der Waals surface area contributed by atoms with Gasteiger partial charge in [0.05, 0.1) is 11.5 Å². The van der Waals surface area contributed by atoms with Crippen LogP contribution in [0.15, 0.2) is 11.6 Å². The van der Waals surface area contributed by atoms with E-state index in [-0.39, 0.29) is 11.2 Å². The molecule has 2 nitrogen and oxygen atoms in total. The van der Waals surface area contributed by atoms with Gasteiger partial charge in [0.2, 0.25) is 0 Å². The molecule has 0 spiro atoms. The number of nitrogens with zero attached hydrogens (tertiary/aromatic N) is 1. The molecule has 0 radical (unpaired) electrons. The van der Waals surface area contributed by atoms with Gasteiger partial charge in [-0.3, -0.25) is 4.79 Å². The minimum Gasteiger partial charge on any atom is -0.295 e. The summed E-state index contributed by atoms with van der Waals surface area (Å²) in [5.74, 6) is 0.211. The highest BCUT2D eigenvalue weighted by molar-refractivity contribution is 5.91. The summed E-state index contributed by atoms with van der Waals surface area (Å²) in [7, 11) is 0. The van der Waals surface area contributed by atoms with Crippen molar-refractivity contribution >= 4 is 5.78 Å². The first-order valence-corrected chi connectivity index (χ1v) is 4.92. The van der Waals surface area contributed by atoms with E-state index in [1.807, 2.05) is 0 Å². The molecular weight excluding hydrogens is 162 g/mol. The first kappa shape index (κ1) is 8.50. The van der Waals surface area contributed by atoms with Crippen LogP contribution in [-0.4, -0.2) is 5.78 Å². The maximum absolute atomic E-state index is 11.2. The zero-order valence-electron chi connectivity index (χ0n) is 7.68. The first-order chi connectivity index (χ1) is 6.27. The van der Waals surface area contributed by atoms with Crippen LogP contribution < -0.4 is 0 Å². The molecule has 0 amide bonds. The zero-order chi connectivity index (χ0) is 9.31. The number of rotatable bonds is 0. The van der Waals surface area contributed by atoms with Gasteiger partial charge in [0, 0.05) is 6.42 Å². The SMILES string of the molecule is N#CC12CCCCC1=CC(=O)CC2. The Morgan fingerprint density at radius 3 is 2.92 bits per heavy atom. The largest absolute Gasteiger partial charge is 0.295 e. The van der Waals surface area contributed by atoms with Gasteiger partial charge in [0.15, 0.2) is 5.78 Å². The molecule has 2 heteroatoms. The average Bonchev–Trinajstić information content (AvgIpc) is 2.18. The quantitative estimate of drug-likeness (QED) is 0.567. The predicted octanol–water partition coefficient (Wildman–Crippen LogP) is 2.36. The van der Waals surface area contributed by atoms with Crippen LogP contribution in [0.2, 0.25) is 0 Å². The number of allylic oxidation sites excluding steroid dienone is 2. The van der Waals surface area contributed by atoms with Crippen molar-refractivity contribution < 1.29 is 4.79 Å². The molecule has 1 unspecified atom stereocenters. The topological polar surface area (TPSA) is 40.9 Å². The molecule has 0 N–H and O–H groups in total. The van der Waals surface area contributed by atoms with E-state index >= 15 is 0 Å². The van der Waals surface area contributed by atoms with Gasteiger partial charge in [-0.25, -0.2) is 0 Å². The average molecular weight is 175 g/mol. The van der Waals surface area contributed by atoms with Crippen LogP contribution in [-0.2, 0) is 4.79 Å². The maximum Gasteiger partial charge on any atom is 0.155 e. The van der Waals surface area contributed by atoms with E-state index in [0.29, 0.717) is 6.42 Å². The summed E-state index contributed by atoms with van der Waals surface area (Å²) in [6, 6.07) is 2.42. The van der Waals surface area contributed by atoms with Gasteiger partial charge < -0.3 is 0 Å². The summed E-state index contributed by atoms with van der Waals surface area (Å²) < 4.78 is 0. The molecule has 2 rings (SSSR count). The highest BCUT2D eigenvalue weighted by Crippen LogP contribution is 2.46. The van der Waals surface area contributed by atoms with Gasteiger partial charge in [-0.2, -0.15) is 5.26 Å². The van der Waals surface area contributed by atoms with Crippen LogP contribution in [0.1, 0.15) is 38.5 Å². The standard InChI is InChI=1S/C11H13NO/c12-8-11-5-2-1-3-9(11)7-10(13)4-6-11/h7H,1-6H2. The molecular formula is C11H13NO. The molecule has 1 saturated carbocycles. The van der Waals surface area contributed by atoms with Crippen molar-refractivity contribution in [2.24, 2.45) is 5.41 Å². The van der Waals surface area contributed by atoms with Crippen molar-refractivity contribution in [2.45, 2.75) is 38.5 Å². The Labute approximate surface area is 78.2 Å². The van der Waals surface area contributed by atoms with Crippen molar-refractivity contribution in [2.75, 3.05) is 0 Å². The molecule has 0 aromatic heterocycles. The van der Waals surface area contributed by atoms with Gasteiger partial charge >= 0.3 is 0 Å². The highest BCUT2D eigenvalue weighted by Gasteiger charge is 2.39. The lowest BCUT2D eigenvalue weighted by Gasteiger charge is -2.35. The Hall–Kier alpha value is -1.10. The molecule has 0 bridgehead atoms. The molecule has 0 saturated heterocycles. The Morgan fingerprint density at radius 1 is 1.31 bits per heavy atom. The molecule has 0 aliphatic heterocycles. The van der Waals surface area contributed by atoms with E-state index in [4.69, 9.17) is 5.26 Å². The van der Waals surface area contributed by atoms with Crippen LogP contribution in [0.25, 0.3) is 0 Å². The Kier molecular flexibility index (Phi) is 1.95. The van der Waals surface area contributed by atoms with Gasteiger partial charge in [-0.1, -0.05) is 6.42 Å². The summed E-state index contributed by atoms with van der Waals surface area (Å²) in [4.78, 5) is 11.2. The first-order valence-electron chi connectivity index (χ1n) is 4.92. The van der Waals surface area contributed by atoms with Crippen molar-refractivity contribution in [1.29, 1.82) is 5.26 Å². The molecule has 0 aromatic rings. The van der Waals surface area contributed by atoms with Crippen molar-refractivity contribution in [3.8, 4) is 6.07 Å². The Bertz CT molecular complexity index is 311. The molecule has 0 heterocycles. The second-order valence-corrected chi connectivity index (χ2v) is 4.04. The third kappa shape index (κ3) is 1.29. The zero-order valence-corrected chi connectivity index (χ0v) is 7.68. The van der Waals surface area contributed by atoms with Crippen LogP contribution >= 0.6 is 0 Å². The summed E-state index contributed by atoms with van der Waals surface area (Å²) >= 11 is 0. The van der Waals surface area contributed by atoms with Crippen LogP contribution in [0.4, 0.5) is 0 Å². The number of fused-ring (bicyclic) bond motifs is 1. The van der Waals surface area contributed by atoms with Gasteiger partial charge in [0.25, 0.3) is 0 Å². The van der Waals surface area contributed by atoms with Gasteiger partial charge in [-0.15, -0.1) is 0 Å². The number of hydrogen-bond acceptors (Lipinski definition) is 2. The number of hydrogen-bond donors (Lipinski definition) is 0. The third-order valence-electron chi connectivity index (χ3n) is 3.26. The van der Waals surface area contributed by atoms with E-state index in [1.54, 1.807) is 6.08 Å². The third-order valence-corrected chi connectivity index (χ3v) is 3.26. The molecule has 0 aromatic carbocycles. The lowest BCUT2D eigenvalue weighted by molar-refractivity contribution is -0.115. The van der Waals surface area contributed by atoms with Gasteiger partial charge in [0.1, 0.15) is 0 Å². The number of nitriles is 1. The summed E-state index contributed by atoms with van der Waals surface area (Å²) in [5, 5.41) is 9.16. The number of carbonyl (C=O) groups excluding carboxylic acids is 1. The molecule has 2 aliphatic carbocycles. The monoisotopic (exact) mass is 175 g/mol. The normalized spacial score (nSPS) is 33.2. The second kappa shape index (κ2) is 2.99. The fourth-order valence-electron chi connectivity index (χ4n) is 2.42. The molecule has 13 heavy (non-hydrogen) atoms. The molecule has 68 valence electrons. The van der Waals surface area contributed by atoms with E-state index < -0.39 is 0 Å². The van der Waals surface area contributed by atoms with Crippen molar-refractivity contribution in [3.05, 3.63) is 11.6 Å². The van der Waals surface area contributed by atoms with Crippen LogP contribution in [0.3, 0.4) is 0 Å².